The molecular weight excluding hydrogens is 346 g/mol. The lowest BCUT2D eigenvalue weighted by atomic mass is 10.1. The van der Waals surface area contributed by atoms with Crippen LogP contribution in [0.2, 0.25) is 0 Å². The second-order valence-electron chi connectivity index (χ2n) is 7.19. The summed E-state index contributed by atoms with van der Waals surface area (Å²) in [6.45, 7) is 1.05. The van der Waals surface area contributed by atoms with E-state index in [0.29, 0.717) is 25.3 Å². The van der Waals surface area contributed by atoms with E-state index in [1.807, 2.05) is 18.2 Å². The van der Waals surface area contributed by atoms with Crippen molar-refractivity contribution >= 4 is 17.7 Å². The molecule has 1 aromatic rings. The third-order valence-electron chi connectivity index (χ3n) is 5.16. The van der Waals surface area contributed by atoms with Crippen molar-refractivity contribution < 1.29 is 19.1 Å². The highest BCUT2D eigenvalue weighted by molar-refractivity contribution is 5.86. The van der Waals surface area contributed by atoms with Crippen LogP contribution in [0.25, 0.3) is 0 Å². The summed E-state index contributed by atoms with van der Waals surface area (Å²) in [6, 6.07) is 9.12. The summed E-state index contributed by atoms with van der Waals surface area (Å²) in [5.41, 5.74) is 0. The van der Waals surface area contributed by atoms with Crippen molar-refractivity contribution in [3.8, 4) is 5.75 Å². The number of carbonyl (C=O) groups is 3. The number of carbonyl (C=O) groups excluding carboxylic acids is 3. The monoisotopic (exact) mass is 373 g/mol. The van der Waals surface area contributed by atoms with Crippen molar-refractivity contribution in [1.82, 2.24) is 15.5 Å². The molecule has 1 aliphatic heterocycles. The van der Waals surface area contributed by atoms with E-state index in [4.69, 9.17) is 4.74 Å². The highest BCUT2D eigenvalue weighted by atomic mass is 16.5. The van der Waals surface area contributed by atoms with Crippen LogP contribution in [0.15, 0.2) is 30.3 Å². The number of amides is 3. The molecule has 146 valence electrons. The fourth-order valence-corrected chi connectivity index (χ4v) is 3.64. The Kier molecular flexibility index (Phi) is 6.68. The molecule has 2 aliphatic rings. The predicted octanol–water partition coefficient (Wildman–Crippen LogP) is 1.09. The highest BCUT2D eigenvalue weighted by Crippen LogP contribution is 2.24. The van der Waals surface area contributed by atoms with Crippen LogP contribution in [0.3, 0.4) is 0 Å². The second kappa shape index (κ2) is 9.39. The maximum atomic E-state index is 12.2. The summed E-state index contributed by atoms with van der Waals surface area (Å²) in [4.78, 5) is 38.0. The third kappa shape index (κ3) is 5.70. The van der Waals surface area contributed by atoms with Crippen LogP contribution in [0.1, 0.15) is 32.1 Å². The van der Waals surface area contributed by atoms with Gasteiger partial charge in [-0.05, 0) is 31.4 Å². The van der Waals surface area contributed by atoms with Crippen LogP contribution >= 0.6 is 0 Å². The number of ether oxygens (including phenoxy) is 1. The van der Waals surface area contributed by atoms with Gasteiger partial charge in [-0.2, -0.15) is 0 Å². The highest BCUT2D eigenvalue weighted by Gasteiger charge is 2.28. The van der Waals surface area contributed by atoms with Crippen LogP contribution in [0.4, 0.5) is 0 Å². The first-order valence-corrected chi connectivity index (χ1v) is 9.64. The zero-order chi connectivity index (χ0) is 19.1. The minimum Gasteiger partial charge on any atom is -0.484 e. The molecule has 1 heterocycles. The third-order valence-corrected chi connectivity index (χ3v) is 5.16. The number of hydrogen-bond acceptors (Lipinski definition) is 4. The molecule has 7 nitrogen and oxygen atoms in total. The lowest BCUT2D eigenvalue weighted by molar-refractivity contribution is -0.132. The van der Waals surface area contributed by atoms with Crippen molar-refractivity contribution in [2.24, 2.45) is 5.92 Å². The van der Waals surface area contributed by atoms with Gasteiger partial charge in [-0.15, -0.1) is 0 Å². The number of para-hydroxylation sites is 1. The largest absolute Gasteiger partial charge is 0.484 e. The SMILES string of the molecule is O=C(CNC(=O)C1CCCC1)N[C@@H]1CCN(C(=O)COc2ccccc2)C1. The summed E-state index contributed by atoms with van der Waals surface area (Å²) in [5.74, 6) is 0.394. The molecule has 0 spiro atoms. The number of hydrogen-bond donors (Lipinski definition) is 2. The number of rotatable bonds is 7. The molecule has 0 bridgehead atoms. The van der Waals surface area contributed by atoms with Crippen molar-refractivity contribution in [2.75, 3.05) is 26.2 Å². The molecule has 2 N–H and O–H groups in total. The Morgan fingerprint density at radius 2 is 1.81 bits per heavy atom. The van der Waals surface area contributed by atoms with Gasteiger partial charge < -0.3 is 20.3 Å². The molecule has 27 heavy (non-hydrogen) atoms. The normalized spacial score (nSPS) is 19.7. The fraction of sp³-hybridized carbons (Fsp3) is 0.550. The summed E-state index contributed by atoms with van der Waals surface area (Å²) >= 11 is 0. The summed E-state index contributed by atoms with van der Waals surface area (Å²) in [5, 5.41) is 5.61. The molecule has 3 amide bonds. The maximum absolute atomic E-state index is 12.2. The van der Waals surface area contributed by atoms with Crippen LogP contribution in [0.5, 0.6) is 5.75 Å². The van der Waals surface area contributed by atoms with Crippen molar-refractivity contribution in [1.29, 1.82) is 0 Å². The van der Waals surface area contributed by atoms with Crippen molar-refractivity contribution in [2.45, 2.75) is 38.1 Å². The quantitative estimate of drug-likeness (QED) is 0.749. The summed E-state index contributed by atoms with van der Waals surface area (Å²) in [7, 11) is 0. The zero-order valence-electron chi connectivity index (χ0n) is 15.5. The molecule has 1 saturated heterocycles. The number of nitrogens with one attached hydrogen (secondary N) is 2. The molecule has 0 radical (unpaired) electrons. The lowest BCUT2D eigenvalue weighted by Gasteiger charge is -2.18. The van der Waals surface area contributed by atoms with E-state index in [0.717, 1.165) is 25.7 Å². The van der Waals surface area contributed by atoms with Gasteiger partial charge in [0.2, 0.25) is 11.8 Å². The molecule has 0 unspecified atom stereocenters. The Balaban J connectivity index is 1.34. The van der Waals surface area contributed by atoms with E-state index in [2.05, 4.69) is 10.6 Å². The smallest absolute Gasteiger partial charge is 0.260 e. The summed E-state index contributed by atoms with van der Waals surface area (Å²) < 4.78 is 5.48. The van der Waals surface area contributed by atoms with E-state index < -0.39 is 0 Å². The number of nitrogens with zero attached hydrogens (tertiary/aromatic N) is 1. The molecule has 1 aliphatic carbocycles. The van der Waals surface area contributed by atoms with Gasteiger partial charge in [0.15, 0.2) is 6.61 Å². The molecule has 2 fully saturated rings. The molecule has 1 atom stereocenters. The average Bonchev–Trinajstić information content (AvgIpc) is 3.37. The summed E-state index contributed by atoms with van der Waals surface area (Å²) in [6.07, 6.45) is 4.71. The van der Waals surface area contributed by atoms with Crippen LogP contribution in [-0.2, 0) is 14.4 Å². The average molecular weight is 373 g/mol. The van der Waals surface area contributed by atoms with Gasteiger partial charge in [-0.3, -0.25) is 14.4 Å². The van der Waals surface area contributed by atoms with E-state index >= 15 is 0 Å². The van der Waals surface area contributed by atoms with E-state index in [9.17, 15) is 14.4 Å². The topological polar surface area (TPSA) is 87.7 Å². The van der Waals surface area contributed by atoms with Gasteiger partial charge in [0.25, 0.3) is 5.91 Å². The first-order valence-electron chi connectivity index (χ1n) is 9.64. The predicted molar refractivity (Wildman–Crippen MR) is 100 cm³/mol. The molecule has 0 aromatic heterocycles. The molecule has 7 heteroatoms. The van der Waals surface area contributed by atoms with Crippen LogP contribution in [-0.4, -0.2) is 54.9 Å². The Morgan fingerprint density at radius 1 is 1.07 bits per heavy atom. The first kappa shape index (κ1) is 19.2. The van der Waals surface area contributed by atoms with Gasteiger partial charge in [0.05, 0.1) is 6.54 Å². The minimum atomic E-state index is -0.207. The van der Waals surface area contributed by atoms with E-state index in [-0.39, 0.29) is 42.8 Å². The molecular formula is C20H27N3O4. The number of benzene rings is 1. The van der Waals surface area contributed by atoms with Gasteiger partial charge in [0, 0.05) is 25.0 Å². The Morgan fingerprint density at radius 3 is 2.56 bits per heavy atom. The molecule has 3 rings (SSSR count). The molecule has 1 saturated carbocycles. The minimum absolute atomic E-state index is 0.00308. The first-order chi connectivity index (χ1) is 13.1. The Labute approximate surface area is 159 Å². The van der Waals surface area contributed by atoms with Gasteiger partial charge in [-0.25, -0.2) is 0 Å². The Hall–Kier alpha value is -2.57. The van der Waals surface area contributed by atoms with E-state index in [1.54, 1.807) is 17.0 Å². The fourth-order valence-electron chi connectivity index (χ4n) is 3.64. The molecule has 1 aromatic carbocycles. The van der Waals surface area contributed by atoms with E-state index in [1.165, 1.54) is 0 Å². The Bertz CT molecular complexity index is 658. The standard InChI is InChI=1S/C20H27N3O4/c24-18(12-21-20(26)15-6-4-5-7-15)22-16-10-11-23(13-16)19(25)14-27-17-8-2-1-3-9-17/h1-3,8-9,15-16H,4-7,10-14H2,(H,21,26)(H,22,24)/t16-/m1/s1. The maximum Gasteiger partial charge on any atom is 0.260 e. The van der Waals surface area contributed by atoms with Crippen molar-refractivity contribution in [3.63, 3.8) is 0 Å². The van der Waals surface area contributed by atoms with Gasteiger partial charge in [0.1, 0.15) is 5.75 Å². The second-order valence-corrected chi connectivity index (χ2v) is 7.19. The van der Waals surface area contributed by atoms with Gasteiger partial charge >= 0.3 is 0 Å². The zero-order valence-corrected chi connectivity index (χ0v) is 15.5. The van der Waals surface area contributed by atoms with Crippen LogP contribution < -0.4 is 15.4 Å². The number of likely N-dealkylation sites (tertiary alicyclic amines) is 1. The lowest BCUT2D eigenvalue weighted by Crippen LogP contribution is -2.44. The van der Waals surface area contributed by atoms with Gasteiger partial charge in [-0.1, -0.05) is 31.0 Å². The van der Waals surface area contributed by atoms with Crippen LogP contribution in [0, 0.1) is 5.92 Å². The van der Waals surface area contributed by atoms with Crippen molar-refractivity contribution in [3.05, 3.63) is 30.3 Å².